The monoisotopic (exact) mass is 493 g/mol. The molecule has 1 aliphatic heterocycles. The zero-order chi connectivity index (χ0) is 25.1. The van der Waals surface area contributed by atoms with Gasteiger partial charge in [-0.15, -0.1) is 0 Å². The number of rotatable bonds is 9. The van der Waals surface area contributed by atoms with Gasteiger partial charge in [0, 0.05) is 25.7 Å². The first-order chi connectivity index (χ1) is 16.8. The first-order valence-corrected chi connectivity index (χ1v) is 13.9. The molecule has 9 heteroatoms. The van der Waals surface area contributed by atoms with Gasteiger partial charge in [-0.2, -0.15) is 4.98 Å². The van der Waals surface area contributed by atoms with Crippen molar-refractivity contribution in [2.45, 2.75) is 32.2 Å². The van der Waals surface area contributed by atoms with E-state index in [2.05, 4.69) is 84.6 Å². The Hall–Kier alpha value is -3.14. The highest BCUT2D eigenvalue weighted by Gasteiger charge is 2.50. The molecule has 0 aliphatic carbocycles. The van der Waals surface area contributed by atoms with Crippen LogP contribution in [-0.4, -0.2) is 49.8 Å². The van der Waals surface area contributed by atoms with Crippen LogP contribution in [0.2, 0.25) is 5.04 Å². The van der Waals surface area contributed by atoms with Gasteiger partial charge in [-0.25, -0.2) is 0 Å². The molecule has 4 rings (SSSR count). The van der Waals surface area contributed by atoms with E-state index in [1.54, 1.807) is 0 Å². The van der Waals surface area contributed by atoms with E-state index in [1.165, 1.54) is 10.4 Å². The molecule has 1 atom stereocenters. The molecule has 0 amide bonds. The molecule has 8 nitrogen and oxygen atoms in total. The van der Waals surface area contributed by atoms with Crippen LogP contribution in [0.3, 0.4) is 0 Å². The number of aliphatic hydroxyl groups is 1. The van der Waals surface area contributed by atoms with Crippen molar-refractivity contribution in [3.05, 3.63) is 71.0 Å². The third kappa shape index (κ3) is 4.98. The Labute approximate surface area is 207 Å². The molecule has 0 spiro atoms. The third-order valence-electron chi connectivity index (χ3n) is 6.66. The maximum Gasteiger partial charge on any atom is 0.277 e. The van der Waals surface area contributed by atoms with Crippen molar-refractivity contribution in [2.24, 2.45) is 5.92 Å². The zero-order valence-electron chi connectivity index (χ0n) is 20.6. The zero-order valence-corrected chi connectivity index (χ0v) is 21.6. The summed E-state index contributed by atoms with van der Waals surface area (Å²) in [6.07, 6.45) is 0.672. The summed E-state index contributed by atoms with van der Waals surface area (Å²) < 4.78 is 6.97. The molecule has 186 valence electrons. The van der Waals surface area contributed by atoms with E-state index < -0.39 is 8.32 Å². The minimum Gasteiger partial charge on any atom is -0.407 e. The predicted molar refractivity (Wildman–Crippen MR) is 144 cm³/mol. The summed E-state index contributed by atoms with van der Waals surface area (Å²) in [5.74, 6) is 0.555. The minimum absolute atomic E-state index is 0.00855. The Morgan fingerprint density at radius 1 is 1.11 bits per heavy atom. The molecular formula is C26H35N5O3Si. The molecule has 0 saturated heterocycles. The van der Waals surface area contributed by atoms with Crippen molar-refractivity contribution in [3.8, 4) is 0 Å². The fraction of sp³-hybridized carbons (Fsp3) is 0.385. The summed E-state index contributed by atoms with van der Waals surface area (Å²) in [6.45, 7) is 8.26. The Kier molecular flexibility index (Phi) is 7.30. The molecule has 2 heterocycles. The molecule has 0 radical (unpaired) electrons. The van der Waals surface area contributed by atoms with E-state index in [-0.39, 0.29) is 29.1 Å². The lowest BCUT2D eigenvalue weighted by molar-refractivity contribution is 0.190. The first kappa shape index (κ1) is 25.0. The molecule has 35 heavy (non-hydrogen) atoms. The molecule has 5 N–H and O–H groups in total. The van der Waals surface area contributed by atoms with Crippen molar-refractivity contribution in [1.29, 1.82) is 0 Å². The van der Waals surface area contributed by atoms with E-state index >= 15 is 0 Å². The number of benzene rings is 2. The van der Waals surface area contributed by atoms with Gasteiger partial charge >= 0.3 is 0 Å². The van der Waals surface area contributed by atoms with E-state index in [1.807, 2.05) is 17.0 Å². The summed E-state index contributed by atoms with van der Waals surface area (Å²) >= 11 is 0. The molecule has 1 aliphatic rings. The van der Waals surface area contributed by atoms with E-state index in [4.69, 9.17) is 10.2 Å². The number of hydrogen-bond acceptors (Lipinski definition) is 7. The van der Waals surface area contributed by atoms with Gasteiger partial charge < -0.3 is 25.5 Å². The summed E-state index contributed by atoms with van der Waals surface area (Å²) in [7, 11) is -2.63. The quantitative estimate of drug-likeness (QED) is 0.337. The van der Waals surface area contributed by atoms with Gasteiger partial charge in [-0.1, -0.05) is 81.4 Å². The van der Waals surface area contributed by atoms with Crippen molar-refractivity contribution in [2.75, 3.05) is 42.4 Å². The molecular weight excluding hydrogens is 458 g/mol. The first-order valence-electron chi connectivity index (χ1n) is 12.0. The van der Waals surface area contributed by atoms with Gasteiger partial charge in [0.2, 0.25) is 5.95 Å². The van der Waals surface area contributed by atoms with E-state index in [9.17, 15) is 9.90 Å². The second-order valence-electron chi connectivity index (χ2n) is 10.1. The standard InChI is InChI=1S/C26H35N5O3Si/c1-26(2,3)35(20-10-6-4-7-11-20,21-12-8-5-9-13-21)34-15-14-19(17-32)16-31-18-28-22-23(31)29-25(27)30-24(22)33/h4-13,19,28,32H,14-18H2,1-3H3,(H3,27,29,30,33). The number of nitrogens with two attached hydrogens (primary N) is 1. The normalized spacial score (nSPS) is 14.5. The van der Waals surface area contributed by atoms with Crippen LogP contribution >= 0.6 is 0 Å². The van der Waals surface area contributed by atoms with Crippen LogP contribution in [0.15, 0.2) is 65.5 Å². The Morgan fingerprint density at radius 2 is 1.71 bits per heavy atom. The molecule has 2 aromatic carbocycles. The van der Waals surface area contributed by atoms with Crippen molar-refractivity contribution in [3.63, 3.8) is 0 Å². The van der Waals surface area contributed by atoms with Gasteiger partial charge in [-0.05, 0) is 21.8 Å². The maximum absolute atomic E-state index is 12.1. The summed E-state index contributed by atoms with van der Waals surface area (Å²) in [5.41, 5.74) is 5.88. The second kappa shape index (κ2) is 10.2. The predicted octanol–water partition coefficient (Wildman–Crippen LogP) is 2.12. The molecule has 1 aromatic heterocycles. The second-order valence-corrected chi connectivity index (χ2v) is 14.4. The van der Waals surface area contributed by atoms with Crippen LogP contribution in [-0.2, 0) is 4.43 Å². The maximum atomic E-state index is 12.1. The molecule has 1 unspecified atom stereocenters. The number of nitrogens with zero attached hydrogens (tertiary/aromatic N) is 2. The molecule has 0 saturated carbocycles. The summed E-state index contributed by atoms with van der Waals surface area (Å²) in [4.78, 5) is 20.9. The fourth-order valence-electron chi connectivity index (χ4n) is 4.96. The lowest BCUT2D eigenvalue weighted by Gasteiger charge is -2.43. The average molecular weight is 494 g/mol. The highest BCUT2D eigenvalue weighted by atomic mass is 28.4. The Bertz CT molecular complexity index is 1140. The van der Waals surface area contributed by atoms with E-state index in [0.717, 1.165) is 0 Å². The highest BCUT2D eigenvalue weighted by Crippen LogP contribution is 2.37. The van der Waals surface area contributed by atoms with E-state index in [0.29, 0.717) is 37.7 Å². The highest BCUT2D eigenvalue weighted by molar-refractivity contribution is 6.99. The number of fused-ring (bicyclic) bond motifs is 1. The van der Waals surface area contributed by atoms with Crippen LogP contribution in [0, 0.1) is 5.92 Å². The average Bonchev–Trinajstić information content (AvgIpc) is 3.24. The van der Waals surface area contributed by atoms with Crippen LogP contribution in [0.25, 0.3) is 0 Å². The number of nitrogen functional groups attached to an aromatic ring is 1. The summed E-state index contributed by atoms with van der Waals surface area (Å²) in [6, 6.07) is 21.1. The Morgan fingerprint density at radius 3 is 2.26 bits per heavy atom. The van der Waals surface area contributed by atoms with Crippen LogP contribution in [0.4, 0.5) is 17.5 Å². The van der Waals surface area contributed by atoms with Gasteiger partial charge in [0.25, 0.3) is 13.9 Å². The van der Waals surface area contributed by atoms with Crippen molar-refractivity contribution < 1.29 is 9.53 Å². The van der Waals surface area contributed by atoms with Gasteiger partial charge in [0.1, 0.15) is 5.69 Å². The fourth-order valence-corrected chi connectivity index (χ4v) is 9.54. The number of nitrogens with one attached hydrogen (secondary N) is 2. The Balaban J connectivity index is 1.55. The number of aromatic amines is 1. The van der Waals surface area contributed by atoms with Crippen molar-refractivity contribution >= 4 is 36.1 Å². The number of hydrogen-bond donors (Lipinski definition) is 4. The smallest absolute Gasteiger partial charge is 0.277 e. The number of anilines is 3. The number of aromatic nitrogens is 2. The lowest BCUT2D eigenvalue weighted by Crippen LogP contribution is -2.66. The molecule has 0 bridgehead atoms. The van der Waals surface area contributed by atoms with Gasteiger partial charge in [0.15, 0.2) is 5.82 Å². The van der Waals surface area contributed by atoms with Gasteiger partial charge in [0.05, 0.1) is 6.67 Å². The third-order valence-corrected chi connectivity index (χ3v) is 11.7. The van der Waals surface area contributed by atoms with Crippen LogP contribution in [0.5, 0.6) is 0 Å². The number of H-pyrrole nitrogens is 1. The summed E-state index contributed by atoms with van der Waals surface area (Å²) in [5, 5.41) is 15.6. The number of aliphatic hydroxyl groups excluding tert-OH is 1. The topological polar surface area (TPSA) is 116 Å². The minimum atomic E-state index is -2.63. The lowest BCUT2D eigenvalue weighted by atomic mass is 10.1. The van der Waals surface area contributed by atoms with Crippen LogP contribution < -0.4 is 31.9 Å². The molecule has 3 aromatic rings. The molecule has 0 fully saturated rings. The van der Waals surface area contributed by atoms with Gasteiger partial charge in [-0.3, -0.25) is 9.78 Å². The largest absolute Gasteiger partial charge is 0.407 e. The SMILES string of the molecule is CC(C)(C)[Si](OCCC(CO)CN1CNc2c1nc(N)[nH]c2=O)(c1ccccc1)c1ccccc1. The van der Waals surface area contributed by atoms with Crippen molar-refractivity contribution in [1.82, 2.24) is 9.97 Å². The van der Waals surface area contributed by atoms with Crippen LogP contribution in [0.1, 0.15) is 27.2 Å².